The van der Waals surface area contributed by atoms with Crippen LogP contribution in [-0.2, 0) is 14.8 Å². The molecule has 2 rings (SSSR count). The van der Waals surface area contributed by atoms with Crippen LogP contribution in [0.15, 0.2) is 29.2 Å². The Morgan fingerprint density at radius 1 is 1.33 bits per heavy atom. The monoisotopic (exact) mass is 396 g/mol. The Balaban J connectivity index is 2.20. The van der Waals surface area contributed by atoms with Crippen LogP contribution in [0.2, 0.25) is 0 Å². The highest BCUT2D eigenvalue weighted by Gasteiger charge is 2.31. The third-order valence-electron chi connectivity index (χ3n) is 4.89. The fourth-order valence-corrected chi connectivity index (χ4v) is 5.02. The second kappa shape index (κ2) is 9.32. The van der Waals surface area contributed by atoms with Gasteiger partial charge in [-0.2, -0.15) is 4.31 Å². The Morgan fingerprint density at radius 2 is 2.07 bits per heavy atom. The molecule has 0 saturated carbocycles. The number of hydrogen-bond donors (Lipinski definition) is 2. The lowest BCUT2D eigenvalue weighted by Crippen LogP contribution is -2.42. The molecule has 0 aliphatic carbocycles. The number of aliphatic carboxylic acids is 1. The molecule has 2 atom stereocenters. The molecule has 1 fully saturated rings. The molecule has 2 N–H and O–H groups in total. The number of carbonyl (C=O) groups is 2. The van der Waals surface area contributed by atoms with Gasteiger partial charge in [0.2, 0.25) is 10.0 Å². The summed E-state index contributed by atoms with van der Waals surface area (Å²) in [5.74, 6) is -1.68. The van der Waals surface area contributed by atoms with E-state index in [1.54, 1.807) is 0 Å². The molecule has 1 saturated heterocycles. The number of piperidine rings is 1. The summed E-state index contributed by atoms with van der Waals surface area (Å²) in [7, 11) is -3.69. The molecular weight excluding hydrogens is 368 g/mol. The average Bonchev–Trinajstić information content (AvgIpc) is 2.65. The van der Waals surface area contributed by atoms with Crippen molar-refractivity contribution in [3.05, 3.63) is 29.8 Å². The minimum absolute atomic E-state index is 0.0596. The zero-order valence-electron chi connectivity index (χ0n) is 15.8. The van der Waals surface area contributed by atoms with E-state index in [1.807, 2.05) is 13.8 Å². The van der Waals surface area contributed by atoms with Crippen molar-refractivity contribution in [2.24, 2.45) is 0 Å². The Morgan fingerprint density at radius 3 is 2.70 bits per heavy atom. The van der Waals surface area contributed by atoms with E-state index < -0.39 is 27.9 Å². The molecule has 150 valence electrons. The van der Waals surface area contributed by atoms with Crippen LogP contribution in [0, 0.1) is 0 Å². The summed E-state index contributed by atoms with van der Waals surface area (Å²) in [6.45, 7) is 4.30. The van der Waals surface area contributed by atoms with Gasteiger partial charge in [0.25, 0.3) is 5.91 Å². The second-order valence-corrected chi connectivity index (χ2v) is 8.89. The van der Waals surface area contributed by atoms with Crippen LogP contribution in [0.4, 0.5) is 0 Å². The standard InChI is InChI=1S/C19H28N2O5S/c1-3-4-11-17(19(23)24)20-18(22)15-9-7-10-16(13-15)27(25,26)21-12-6-5-8-14(21)2/h7,9-10,13-14,17H,3-6,8,11-12H2,1-2H3,(H,20,22)(H,23,24). The first kappa shape index (κ1) is 21.4. The molecule has 1 aliphatic rings. The summed E-state index contributed by atoms with van der Waals surface area (Å²) in [6.07, 6.45) is 4.48. The smallest absolute Gasteiger partial charge is 0.326 e. The second-order valence-electron chi connectivity index (χ2n) is 6.99. The van der Waals surface area contributed by atoms with Crippen LogP contribution in [0.3, 0.4) is 0 Å². The number of unbranched alkanes of at least 4 members (excludes halogenated alkanes) is 1. The molecule has 0 aromatic heterocycles. The number of carboxylic acids is 1. The zero-order chi connectivity index (χ0) is 20.0. The number of nitrogens with one attached hydrogen (secondary N) is 1. The van der Waals surface area contributed by atoms with Crippen LogP contribution in [-0.4, -0.2) is 48.3 Å². The number of benzene rings is 1. The fraction of sp³-hybridized carbons (Fsp3) is 0.579. The SMILES string of the molecule is CCCCC(NC(=O)c1cccc(S(=O)(=O)N2CCCCC2C)c1)C(=O)O. The van der Waals surface area contributed by atoms with Gasteiger partial charge in [-0.25, -0.2) is 13.2 Å². The third kappa shape index (κ3) is 5.29. The molecule has 0 spiro atoms. The van der Waals surface area contributed by atoms with Gasteiger partial charge in [-0.15, -0.1) is 0 Å². The van der Waals surface area contributed by atoms with Crippen molar-refractivity contribution in [1.29, 1.82) is 0 Å². The molecule has 1 aliphatic heterocycles. The summed E-state index contributed by atoms with van der Waals surface area (Å²) in [4.78, 5) is 23.8. The Kier molecular flexibility index (Phi) is 7.38. The largest absolute Gasteiger partial charge is 0.480 e. The molecule has 0 radical (unpaired) electrons. The van der Waals surface area contributed by atoms with E-state index in [9.17, 15) is 23.1 Å². The van der Waals surface area contributed by atoms with Crippen LogP contribution >= 0.6 is 0 Å². The topological polar surface area (TPSA) is 104 Å². The van der Waals surface area contributed by atoms with Gasteiger partial charge in [0.15, 0.2) is 0 Å². The van der Waals surface area contributed by atoms with Crippen LogP contribution in [0.5, 0.6) is 0 Å². The Hall–Kier alpha value is -1.93. The van der Waals surface area contributed by atoms with Crippen molar-refractivity contribution in [2.75, 3.05) is 6.54 Å². The highest BCUT2D eigenvalue weighted by molar-refractivity contribution is 7.89. The van der Waals surface area contributed by atoms with Gasteiger partial charge in [-0.05, 0) is 44.4 Å². The summed E-state index contributed by atoms with van der Waals surface area (Å²) < 4.78 is 27.4. The van der Waals surface area contributed by atoms with Crippen LogP contribution < -0.4 is 5.32 Å². The van der Waals surface area contributed by atoms with Gasteiger partial charge < -0.3 is 10.4 Å². The molecule has 27 heavy (non-hydrogen) atoms. The number of amides is 1. The molecule has 2 unspecified atom stereocenters. The lowest BCUT2D eigenvalue weighted by atomic mass is 10.1. The maximum absolute atomic E-state index is 12.9. The van der Waals surface area contributed by atoms with Crippen LogP contribution in [0.25, 0.3) is 0 Å². The summed E-state index contributed by atoms with van der Waals surface area (Å²) in [5, 5.41) is 11.7. The molecule has 0 bridgehead atoms. The van der Waals surface area contributed by atoms with E-state index in [-0.39, 0.29) is 16.5 Å². The lowest BCUT2D eigenvalue weighted by molar-refractivity contribution is -0.139. The van der Waals surface area contributed by atoms with Crippen molar-refractivity contribution in [3.63, 3.8) is 0 Å². The quantitative estimate of drug-likeness (QED) is 0.703. The number of carbonyl (C=O) groups excluding carboxylic acids is 1. The average molecular weight is 397 g/mol. The maximum atomic E-state index is 12.9. The van der Waals surface area contributed by atoms with Crippen LogP contribution in [0.1, 0.15) is 62.7 Å². The van der Waals surface area contributed by atoms with Gasteiger partial charge in [-0.1, -0.05) is 32.3 Å². The first-order valence-electron chi connectivity index (χ1n) is 9.43. The van der Waals surface area contributed by atoms with Crippen molar-refractivity contribution < 1.29 is 23.1 Å². The third-order valence-corrected chi connectivity index (χ3v) is 6.90. The van der Waals surface area contributed by atoms with E-state index in [1.165, 1.54) is 28.6 Å². The highest BCUT2D eigenvalue weighted by atomic mass is 32.2. The minimum atomic E-state index is -3.69. The molecule has 1 heterocycles. The van der Waals surface area contributed by atoms with Crippen molar-refractivity contribution in [2.45, 2.75) is 69.4 Å². The van der Waals surface area contributed by atoms with Crippen molar-refractivity contribution >= 4 is 21.9 Å². The fourth-order valence-electron chi connectivity index (χ4n) is 3.27. The van der Waals surface area contributed by atoms with Crippen molar-refractivity contribution in [1.82, 2.24) is 9.62 Å². The van der Waals surface area contributed by atoms with E-state index in [2.05, 4.69) is 5.32 Å². The normalized spacial score (nSPS) is 19.4. The summed E-state index contributed by atoms with van der Waals surface area (Å²) >= 11 is 0. The first-order valence-corrected chi connectivity index (χ1v) is 10.9. The summed E-state index contributed by atoms with van der Waals surface area (Å²) in [5.41, 5.74) is 0.142. The van der Waals surface area contributed by atoms with Crippen molar-refractivity contribution in [3.8, 4) is 0 Å². The van der Waals surface area contributed by atoms with Gasteiger partial charge in [0.1, 0.15) is 6.04 Å². The Bertz CT molecular complexity index is 778. The summed E-state index contributed by atoms with van der Waals surface area (Å²) in [6, 6.07) is 4.74. The minimum Gasteiger partial charge on any atom is -0.480 e. The predicted octanol–water partition coefficient (Wildman–Crippen LogP) is 2.62. The van der Waals surface area contributed by atoms with E-state index in [0.29, 0.717) is 19.4 Å². The number of hydrogen-bond acceptors (Lipinski definition) is 4. The first-order chi connectivity index (χ1) is 12.8. The number of carboxylic acid groups (broad SMARTS) is 1. The van der Waals surface area contributed by atoms with E-state index >= 15 is 0 Å². The highest BCUT2D eigenvalue weighted by Crippen LogP contribution is 2.25. The molecule has 1 aromatic carbocycles. The Labute approximate surface area is 160 Å². The van der Waals surface area contributed by atoms with Gasteiger partial charge in [0.05, 0.1) is 4.90 Å². The molecule has 8 heteroatoms. The van der Waals surface area contributed by atoms with Gasteiger partial charge >= 0.3 is 5.97 Å². The van der Waals surface area contributed by atoms with Gasteiger partial charge in [-0.3, -0.25) is 4.79 Å². The molecule has 1 aromatic rings. The predicted molar refractivity (Wildman–Crippen MR) is 102 cm³/mol. The van der Waals surface area contributed by atoms with Gasteiger partial charge in [0, 0.05) is 18.2 Å². The number of nitrogens with zero attached hydrogens (tertiary/aromatic N) is 1. The molecule has 1 amide bonds. The van der Waals surface area contributed by atoms with E-state index in [0.717, 1.165) is 25.7 Å². The number of sulfonamides is 1. The lowest BCUT2D eigenvalue weighted by Gasteiger charge is -2.32. The maximum Gasteiger partial charge on any atom is 0.326 e. The molecular formula is C19H28N2O5S. The van der Waals surface area contributed by atoms with E-state index in [4.69, 9.17) is 0 Å². The zero-order valence-corrected chi connectivity index (χ0v) is 16.7. The number of rotatable bonds is 8. The molecule has 7 nitrogen and oxygen atoms in total.